The maximum Gasteiger partial charge on any atom is 0.210 e. The Balaban J connectivity index is 1.47. The first kappa shape index (κ1) is 24.9. The molecule has 194 valence electrons. The predicted molar refractivity (Wildman–Crippen MR) is 138 cm³/mol. The Labute approximate surface area is 218 Å². The lowest BCUT2D eigenvalue weighted by atomic mass is 9.91. The molecule has 0 spiro atoms. The maximum atomic E-state index is 10.4. The van der Waals surface area contributed by atoms with Crippen LogP contribution in [0.2, 0.25) is 5.02 Å². The summed E-state index contributed by atoms with van der Waals surface area (Å²) in [6, 6.07) is 1.69. The van der Waals surface area contributed by atoms with Gasteiger partial charge in [0.25, 0.3) is 0 Å². The van der Waals surface area contributed by atoms with Crippen molar-refractivity contribution in [2.24, 2.45) is 12.8 Å². The van der Waals surface area contributed by atoms with E-state index in [1.54, 1.807) is 10.8 Å². The van der Waals surface area contributed by atoms with Crippen molar-refractivity contribution in [2.45, 2.75) is 38.3 Å². The fourth-order valence-electron chi connectivity index (χ4n) is 4.16. The van der Waals surface area contributed by atoms with E-state index >= 15 is 0 Å². The number of anilines is 2. The fourth-order valence-corrected chi connectivity index (χ4v) is 4.46. The van der Waals surface area contributed by atoms with E-state index in [-0.39, 0.29) is 23.8 Å². The highest BCUT2D eigenvalue weighted by atomic mass is 35.5. The monoisotopic (exact) mass is 525 g/mol. The summed E-state index contributed by atoms with van der Waals surface area (Å²) < 4.78 is 15.0. The van der Waals surface area contributed by atoms with Crippen LogP contribution in [-0.2, 0) is 17.2 Å². The number of rotatable bonds is 6. The van der Waals surface area contributed by atoms with Crippen molar-refractivity contribution in [2.75, 3.05) is 18.5 Å². The van der Waals surface area contributed by atoms with Crippen molar-refractivity contribution >= 4 is 40.3 Å². The second-order valence-corrected chi connectivity index (χ2v) is 10.1. The molecule has 1 fully saturated rings. The third-order valence-corrected chi connectivity index (χ3v) is 6.44. The number of aryl methyl sites for hydroxylation is 1. The number of aliphatic hydroxyl groups excluding tert-OH is 1. The van der Waals surface area contributed by atoms with E-state index in [1.807, 2.05) is 17.8 Å². The number of aliphatic hydroxyl groups is 1. The first-order chi connectivity index (χ1) is 17.7. The molecule has 0 unspecified atom stereocenters. The highest BCUT2D eigenvalue weighted by Gasteiger charge is 2.33. The topological polar surface area (TPSA) is 151 Å². The van der Waals surface area contributed by atoms with E-state index in [1.165, 1.54) is 24.8 Å². The Morgan fingerprint density at radius 2 is 2.08 bits per heavy atom. The van der Waals surface area contributed by atoms with Crippen molar-refractivity contribution in [3.63, 3.8) is 0 Å². The second-order valence-electron chi connectivity index (χ2n) is 9.73. The van der Waals surface area contributed by atoms with Crippen LogP contribution < -0.4 is 15.8 Å². The van der Waals surface area contributed by atoms with Gasteiger partial charge in [-0.2, -0.15) is 10.1 Å². The minimum Gasteiger partial charge on any atom is -0.450 e. The molecule has 4 N–H and O–H groups in total. The Morgan fingerprint density at radius 3 is 2.73 bits per heavy atom. The van der Waals surface area contributed by atoms with Gasteiger partial charge in [0.2, 0.25) is 5.95 Å². The Bertz CT molecular complexity index is 1460. The van der Waals surface area contributed by atoms with Gasteiger partial charge in [0.05, 0.1) is 25.6 Å². The largest absolute Gasteiger partial charge is 0.450 e. The summed E-state index contributed by atoms with van der Waals surface area (Å²) in [5.74, 6) is 1.64. The summed E-state index contributed by atoms with van der Waals surface area (Å²) in [6.07, 6.45) is 6.77. The number of pyridine rings is 1. The molecule has 0 radical (unpaired) electrons. The van der Waals surface area contributed by atoms with Gasteiger partial charge in [-0.25, -0.2) is 9.97 Å². The number of fused-ring (bicyclic) bond motifs is 1. The minimum atomic E-state index is -0.625. The van der Waals surface area contributed by atoms with Gasteiger partial charge in [-0.3, -0.25) is 9.67 Å². The van der Waals surface area contributed by atoms with E-state index in [4.69, 9.17) is 31.9 Å². The first-order valence-electron chi connectivity index (χ1n) is 11.7. The molecule has 13 heteroatoms. The molecule has 37 heavy (non-hydrogen) atoms. The zero-order chi connectivity index (χ0) is 26.3. The SMILES string of the molecule is Cn1c(Nc2cc(C(C)(C)C)n([C@H]3COC[C@@H]3O)n2)nc2ncc(O/C(=C/N)c3cnccn3)c(Cl)c21. The van der Waals surface area contributed by atoms with Crippen molar-refractivity contribution in [3.05, 3.63) is 53.5 Å². The van der Waals surface area contributed by atoms with Gasteiger partial charge in [0.1, 0.15) is 28.4 Å². The number of imidazole rings is 1. The summed E-state index contributed by atoms with van der Waals surface area (Å²) in [6.45, 7) is 6.97. The molecular formula is C24H28ClN9O3. The lowest BCUT2D eigenvalue weighted by Crippen LogP contribution is -2.28. The summed E-state index contributed by atoms with van der Waals surface area (Å²) >= 11 is 6.72. The quantitative estimate of drug-likeness (QED) is 0.320. The normalized spacial score (nSPS) is 18.5. The van der Waals surface area contributed by atoms with Crippen LogP contribution in [0.1, 0.15) is 38.2 Å². The van der Waals surface area contributed by atoms with Crippen molar-refractivity contribution < 1.29 is 14.6 Å². The predicted octanol–water partition coefficient (Wildman–Crippen LogP) is 2.92. The molecule has 0 bridgehead atoms. The van der Waals surface area contributed by atoms with Crippen LogP contribution in [0.4, 0.5) is 11.8 Å². The number of nitrogens with one attached hydrogen (secondary N) is 1. The number of hydrogen-bond acceptors (Lipinski definition) is 10. The number of nitrogens with zero attached hydrogens (tertiary/aromatic N) is 7. The summed E-state index contributed by atoms with van der Waals surface area (Å²) in [7, 11) is 1.81. The molecule has 0 aliphatic carbocycles. The minimum absolute atomic E-state index is 0.212. The Hall–Kier alpha value is -3.74. The van der Waals surface area contributed by atoms with E-state index in [9.17, 15) is 5.11 Å². The van der Waals surface area contributed by atoms with E-state index in [0.717, 1.165) is 5.69 Å². The standard InChI is InChI=1S/C24H28ClN9O3/c1-24(2,3)18-7-19(32-34(18)14-11-36-12-15(14)35)30-23-31-22-21(33(23)4)20(25)17(10-29-22)37-16(8-26)13-9-27-5-6-28-13/h5-10,14-15,35H,11-12,26H2,1-4H3,(H,29,30,31,32)/b16-8+/t14-,15-/m0/s1. The smallest absolute Gasteiger partial charge is 0.210 e. The third kappa shape index (κ3) is 4.70. The zero-order valence-corrected chi connectivity index (χ0v) is 21.6. The summed E-state index contributed by atoms with van der Waals surface area (Å²) in [5.41, 5.74) is 7.95. The van der Waals surface area contributed by atoms with Crippen LogP contribution >= 0.6 is 11.6 Å². The van der Waals surface area contributed by atoms with Gasteiger partial charge in [-0.15, -0.1) is 0 Å². The van der Waals surface area contributed by atoms with Crippen molar-refractivity contribution in [3.8, 4) is 5.75 Å². The maximum absolute atomic E-state index is 10.4. The molecule has 1 aliphatic heterocycles. The third-order valence-electron chi connectivity index (χ3n) is 6.07. The molecule has 5 heterocycles. The van der Waals surface area contributed by atoms with Crippen LogP contribution in [0.25, 0.3) is 16.9 Å². The average Bonchev–Trinajstić information content (AvgIpc) is 3.57. The van der Waals surface area contributed by atoms with Crippen LogP contribution in [0, 0.1) is 0 Å². The summed E-state index contributed by atoms with van der Waals surface area (Å²) in [4.78, 5) is 17.3. The molecule has 4 aromatic rings. The van der Waals surface area contributed by atoms with Crippen LogP contribution in [0.5, 0.6) is 5.75 Å². The zero-order valence-electron chi connectivity index (χ0n) is 20.9. The van der Waals surface area contributed by atoms with E-state index < -0.39 is 6.10 Å². The Morgan fingerprint density at radius 1 is 1.27 bits per heavy atom. The average molecular weight is 526 g/mol. The lowest BCUT2D eigenvalue weighted by molar-refractivity contribution is 0.117. The summed E-state index contributed by atoms with van der Waals surface area (Å²) in [5, 5.41) is 18.7. The number of halogens is 1. The molecular weight excluding hydrogens is 498 g/mol. The van der Waals surface area contributed by atoms with E-state index in [0.29, 0.717) is 46.0 Å². The number of ether oxygens (including phenoxy) is 2. The van der Waals surface area contributed by atoms with Crippen LogP contribution in [0.15, 0.2) is 37.1 Å². The van der Waals surface area contributed by atoms with Gasteiger partial charge < -0.3 is 30.2 Å². The molecule has 0 amide bonds. The molecule has 0 aromatic carbocycles. The number of nitrogens with two attached hydrogens (primary N) is 1. The molecule has 0 saturated carbocycles. The molecule has 1 aliphatic rings. The van der Waals surface area contributed by atoms with Gasteiger partial charge >= 0.3 is 0 Å². The second kappa shape index (κ2) is 9.61. The molecule has 4 aromatic heterocycles. The molecule has 1 saturated heterocycles. The Kier molecular flexibility index (Phi) is 6.48. The van der Waals surface area contributed by atoms with Crippen LogP contribution in [0.3, 0.4) is 0 Å². The molecule has 5 rings (SSSR count). The number of aromatic nitrogens is 7. The molecule has 2 atom stereocenters. The first-order valence-corrected chi connectivity index (χ1v) is 12.0. The van der Waals surface area contributed by atoms with Crippen LogP contribution in [-0.4, -0.2) is 58.7 Å². The van der Waals surface area contributed by atoms with Crippen molar-refractivity contribution in [1.82, 2.24) is 34.3 Å². The van der Waals surface area contributed by atoms with Gasteiger partial charge in [-0.1, -0.05) is 32.4 Å². The number of hydrogen-bond donors (Lipinski definition) is 3. The fraction of sp³-hybridized carbons (Fsp3) is 0.375. The highest BCUT2D eigenvalue weighted by Crippen LogP contribution is 2.36. The highest BCUT2D eigenvalue weighted by molar-refractivity contribution is 6.36. The van der Waals surface area contributed by atoms with E-state index in [2.05, 4.69) is 46.0 Å². The van der Waals surface area contributed by atoms with Gasteiger partial charge in [0.15, 0.2) is 23.0 Å². The van der Waals surface area contributed by atoms with Gasteiger partial charge in [-0.05, 0) is 0 Å². The van der Waals surface area contributed by atoms with Crippen molar-refractivity contribution in [1.29, 1.82) is 0 Å². The van der Waals surface area contributed by atoms with Gasteiger partial charge in [0, 0.05) is 42.8 Å². The lowest BCUT2D eigenvalue weighted by Gasteiger charge is -2.24. The molecule has 12 nitrogen and oxygen atoms in total.